The molecule has 1 heterocycles. The summed E-state index contributed by atoms with van der Waals surface area (Å²) in [6.45, 7) is 9.66. The van der Waals surface area contributed by atoms with E-state index < -0.39 is 47.7 Å². The summed E-state index contributed by atoms with van der Waals surface area (Å²) >= 11 is 0. The highest BCUT2D eigenvalue weighted by molar-refractivity contribution is 5.93. The van der Waals surface area contributed by atoms with Gasteiger partial charge in [-0.1, -0.05) is 56.7 Å². The molecule has 1 fully saturated rings. The van der Waals surface area contributed by atoms with Gasteiger partial charge in [-0.25, -0.2) is 14.4 Å². The lowest BCUT2D eigenvalue weighted by Crippen LogP contribution is -2.60. The summed E-state index contributed by atoms with van der Waals surface area (Å²) in [5.41, 5.74) is 0.614. The van der Waals surface area contributed by atoms with E-state index in [9.17, 15) is 24.0 Å². The first-order chi connectivity index (χ1) is 22.9. The minimum Gasteiger partial charge on any atom is -0.462 e. The van der Waals surface area contributed by atoms with Crippen LogP contribution in [0.5, 0.6) is 0 Å². The number of amides is 3. The summed E-state index contributed by atoms with van der Waals surface area (Å²) in [5, 5.41) is 5.62. The Kier molecular flexibility index (Phi) is 15.2. The fraction of sp³-hybridized carbons (Fsp3) is 0.595. The summed E-state index contributed by atoms with van der Waals surface area (Å²) in [6, 6.07) is 6.05. The number of benzene rings is 1. The number of hydrogen-bond donors (Lipinski definition) is 2. The van der Waals surface area contributed by atoms with E-state index in [4.69, 9.17) is 14.2 Å². The Bertz CT molecular complexity index is 1300. The number of piperidine rings is 1. The van der Waals surface area contributed by atoms with Crippen molar-refractivity contribution in [3.05, 3.63) is 59.7 Å². The van der Waals surface area contributed by atoms with Crippen molar-refractivity contribution in [2.24, 2.45) is 5.92 Å². The van der Waals surface area contributed by atoms with Gasteiger partial charge in [0.05, 0.1) is 12.2 Å². The van der Waals surface area contributed by atoms with Crippen LogP contribution >= 0.6 is 0 Å². The van der Waals surface area contributed by atoms with Crippen molar-refractivity contribution in [3.63, 3.8) is 0 Å². The lowest BCUT2D eigenvalue weighted by Gasteiger charge is -2.38. The van der Waals surface area contributed by atoms with E-state index in [0.29, 0.717) is 44.2 Å². The van der Waals surface area contributed by atoms with Crippen molar-refractivity contribution in [2.45, 2.75) is 116 Å². The number of unbranched alkanes of at least 4 members (excludes halogenated alkanes) is 1. The Hall–Kier alpha value is -4.15. The third-order valence-corrected chi connectivity index (χ3v) is 8.42. The standard InChI is InChI=1S/C37H53N3O8/c1-6-26(2)31(39-36(45)48-37(3,4)5)33(42)40-23-15-13-22-30(40)32(41)38-29(35(44)47-25-27-17-9-7-10-18-27)21-14-16-24-46-34(43)28-19-11-8-12-20-28/h8-9,11-12,17-20,26,29-31H,6-7,10,13-16,21-25H2,1-5H3,(H,38,41)(H,39,45)/t26-,29-,30-,31-/m0/s1. The normalized spacial score (nSPS) is 18.1. The summed E-state index contributed by atoms with van der Waals surface area (Å²) < 4.78 is 16.4. The number of ether oxygens (including phenoxy) is 3. The SMILES string of the molecule is CC[C@H](C)[C@H](NC(=O)OC(C)(C)C)C(=O)N1CCCC[C@H]1C(=O)N[C@@H](CCCCOC(=O)c1ccccc1)C(=O)OCC1=CCCC=C1. The largest absolute Gasteiger partial charge is 0.462 e. The van der Waals surface area contributed by atoms with Gasteiger partial charge in [-0.3, -0.25) is 9.59 Å². The van der Waals surface area contributed by atoms with Crippen LogP contribution in [0.2, 0.25) is 0 Å². The van der Waals surface area contributed by atoms with Crippen molar-refractivity contribution in [2.75, 3.05) is 19.8 Å². The zero-order valence-electron chi connectivity index (χ0n) is 29.1. The molecule has 1 aliphatic heterocycles. The number of nitrogens with zero attached hydrogens (tertiary/aromatic N) is 1. The molecule has 0 radical (unpaired) electrons. The van der Waals surface area contributed by atoms with Gasteiger partial charge in [0.15, 0.2) is 0 Å². The third kappa shape index (κ3) is 12.5. The van der Waals surface area contributed by atoms with Crippen molar-refractivity contribution in [3.8, 4) is 0 Å². The van der Waals surface area contributed by atoms with E-state index in [0.717, 1.165) is 24.8 Å². The second-order valence-electron chi connectivity index (χ2n) is 13.5. The molecule has 1 aliphatic carbocycles. The molecule has 4 atom stereocenters. The molecular formula is C37H53N3O8. The van der Waals surface area contributed by atoms with Crippen LogP contribution in [-0.4, -0.2) is 78.2 Å². The van der Waals surface area contributed by atoms with Crippen LogP contribution in [0.25, 0.3) is 0 Å². The van der Waals surface area contributed by atoms with Gasteiger partial charge in [-0.05, 0) is 95.8 Å². The number of alkyl carbamates (subject to hydrolysis) is 1. The van der Waals surface area contributed by atoms with Gasteiger partial charge >= 0.3 is 18.0 Å². The van der Waals surface area contributed by atoms with Crippen molar-refractivity contribution in [1.29, 1.82) is 0 Å². The fourth-order valence-electron chi connectivity index (χ4n) is 5.58. The molecule has 1 saturated heterocycles. The maximum absolute atomic E-state index is 13.9. The zero-order valence-corrected chi connectivity index (χ0v) is 29.1. The fourth-order valence-corrected chi connectivity index (χ4v) is 5.58. The molecule has 3 rings (SSSR count). The Morgan fingerprint density at radius 1 is 0.979 bits per heavy atom. The summed E-state index contributed by atoms with van der Waals surface area (Å²) in [5.74, 6) is -2.00. The molecule has 11 nitrogen and oxygen atoms in total. The van der Waals surface area contributed by atoms with Crippen LogP contribution in [0, 0.1) is 5.92 Å². The third-order valence-electron chi connectivity index (χ3n) is 8.42. The van der Waals surface area contributed by atoms with Gasteiger partial charge in [0, 0.05) is 6.54 Å². The van der Waals surface area contributed by atoms with Crippen molar-refractivity contribution in [1.82, 2.24) is 15.5 Å². The molecule has 1 aromatic rings. The highest BCUT2D eigenvalue weighted by Gasteiger charge is 2.39. The van der Waals surface area contributed by atoms with E-state index in [-0.39, 0.29) is 31.5 Å². The molecule has 0 aromatic heterocycles. The predicted octanol–water partition coefficient (Wildman–Crippen LogP) is 5.64. The van der Waals surface area contributed by atoms with Crippen LogP contribution in [0.3, 0.4) is 0 Å². The zero-order chi connectivity index (χ0) is 35.1. The monoisotopic (exact) mass is 667 g/mol. The molecule has 3 amide bonds. The van der Waals surface area contributed by atoms with Gasteiger partial charge in [0.25, 0.3) is 0 Å². The number of rotatable bonds is 15. The second-order valence-corrected chi connectivity index (χ2v) is 13.5. The number of esters is 2. The quantitative estimate of drug-likeness (QED) is 0.139. The van der Waals surface area contributed by atoms with E-state index in [1.165, 1.54) is 4.90 Å². The number of nitrogens with one attached hydrogen (secondary N) is 2. The number of hydrogen-bond acceptors (Lipinski definition) is 8. The maximum Gasteiger partial charge on any atom is 0.408 e. The Morgan fingerprint density at radius 3 is 2.40 bits per heavy atom. The molecule has 2 aliphatic rings. The molecule has 0 spiro atoms. The van der Waals surface area contributed by atoms with Crippen LogP contribution < -0.4 is 10.6 Å². The highest BCUT2D eigenvalue weighted by atomic mass is 16.6. The minimum atomic E-state index is -0.959. The molecule has 0 bridgehead atoms. The topological polar surface area (TPSA) is 140 Å². The number of likely N-dealkylation sites (tertiary alicyclic amines) is 1. The highest BCUT2D eigenvalue weighted by Crippen LogP contribution is 2.22. The molecule has 0 unspecified atom stereocenters. The second kappa shape index (κ2) is 19.0. The maximum atomic E-state index is 13.9. The van der Waals surface area contributed by atoms with Crippen molar-refractivity contribution >= 4 is 29.8 Å². The van der Waals surface area contributed by atoms with Crippen LogP contribution in [0.1, 0.15) is 103 Å². The van der Waals surface area contributed by atoms with E-state index >= 15 is 0 Å². The van der Waals surface area contributed by atoms with Gasteiger partial charge in [-0.15, -0.1) is 0 Å². The predicted molar refractivity (Wildman–Crippen MR) is 182 cm³/mol. The number of allylic oxidation sites excluding steroid dienone is 2. The Labute approximate surface area is 284 Å². The molecule has 11 heteroatoms. The Morgan fingerprint density at radius 2 is 1.73 bits per heavy atom. The number of carbonyl (C=O) groups excluding carboxylic acids is 5. The average Bonchev–Trinajstić information content (AvgIpc) is 3.08. The summed E-state index contributed by atoms with van der Waals surface area (Å²) in [4.78, 5) is 67.6. The van der Waals surface area contributed by atoms with Gasteiger partial charge in [0.2, 0.25) is 11.8 Å². The first-order valence-electron chi connectivity index (χ1n) is 17.2. The molecule has 1 aromatic carbocycles. The van der Waals surface area contributed by atoms with Crippen LogP contribution in [0.4, 0.5) is 4.79 Å². The molecular weight excluding hydrogens is 614 g/mol. The minimum absolute atomic E-state index is 0.0946. The van der Waals surface area contributed by atoms with E-state index in [1.807, 2.05) is 38.1 Å². The summed E-state index contributed by atoms with van der Waals surface area (Å²) in [6.07, 6.45) is 10.8. The lowest BCUT2D eigenvalue weighted by atomic mass is 9.94. The lowest BCUT2D eigenvalue weighted by molar-refractivity contribution is -0.149. The van der Waals surface area contributed by atoms with Crippen LogP contribution in [0.15, 0.2) is 54.1 Å². The van der Waals surface area contributed by atoms with Gasteiger partial charge in [0.1, 0.15) is 30.3 Å². The van der Waals surface area contributed by atoms with Crippen LogP contribution in [-0.2, 0) is 28.6 Å². The first-order valence-corrected chi connectivity index (χ1v) is 17.2. The summed E-state index contributed by atoms with van der Waals surface area (Å²) in [7, 11) is 0. The Balaban J connectivity index is 1.68. The smallest absolute Gasteiger partial charge is 0.408 e. The van der Waals surface area contributed by atoms with Crippen molar-refractivity contribution < 1.29 is 38.2 Å². The van der Waals surface area contributed by atoms with E-state index in [1.54, 1.807) is 45.0 Å². The van der Waals surface area contributed by atoms with E-state index in [2.05, 4.69) is 10.6 Å². The molecule has 2 N–H and O–H groups in total. The van der Waals surface area contributed by atoms with Gasteiger partial charge in [-0.2, -0.15) is 0 Å². The average molecular weight is 668 g/mol. The van der Waals surface area contributed by atoms with Gasteiger partial charge < -0.3 is 29.7 Å². The molecule has 264 valence electrons. The molecule has 48 heavy (non-hydrogen) atoms. The number of carbonyl (C=O) groups is 5. The molecule has 0 saturated carbocycles. The first kappa shape index (κ1) is 38.3.